The molecular weight excluding hydrogens is 238 g/mol. The van der Waals surface area contributed by atoms with Crippen LogP contribution in [0.3, 0.4) is 0 Å². The summed E-state index contributed by atoms with van der Waals surface area (Å²) >= 11 is 0. The highest BCUT2D eigenvalue weighted by molar-refractivity contribution is 5.97. The zero-order valence-corrected chi connectivity index (χ0v) is 11.8. The molecule has 0 bridgehead atoms. The summed E-state index contributed by atoms with van der Waals surface area (Å²) < 4.78 is 0. The lowest BCUT2D eigenvalue weighted by Crippen LogP contribution is -2.26. The van der Waals surface area contributed by atoms with E-state index in [0.717, 1.165) is 24.7 Å². The summed E-state index contributed by atoms with van der Waals surface area (Å²) in [7, 11) is 0. The number of nitrogens with zero attached hydrogens (tertiary/aromatic N) is 2. The molecule has 2 rings (SSSR count). The Bertz CT molecular complexity index is 466. The molecule has 1 aromatic rings. The third-order valence-electron chi connectivity index (χ3n) is 3.69. The van der Waals surface area contributed by atoms with Crippen LogP contribution in [0.1, 0.15) is 42.9 Å². The van der Waals surface area contributed by atoms with Gasteiger partial charge in [0.2, 0.25) is 0 Å². The van der Waals surface area contributed by atoms with Gasteiger partial charge in [-0.1, -0.05) is 24.2 Å². The molecule has 0 heterocycles. The molecule has 0 radical (unpaired) electrons. The minimum atomic E-state index is 0.169. The van der Waals surface area contributed by atoms with Crippen molar-refractivity contribution >= 4 is 5.84 Å². The Kier molecular flexibility index (Phi) is 4.43. The van der Waals surface area contributed by atoms with Crippen LogP contribution < -0.4 is 5.73 Å². The number of oxime groups is 1. The summed E-state index contributed by atoms with van der Waals surface area (Å²) in [5.74, 6) is 0.169. The number of hydrogen-bond acceptors (Lipinski definition) is 3. The zero-order chi connectivity index (χ0) is 13.8. The van der Waals surface area contributed by atoms with Gasteiger partial charge in [-0.05, 0) is 49.9 Å². The van der Waals surface area contributed by atoms with Crippen LogP contribution in [0.2, 0.25) is 0 Å². The zero-order valence-electron chi connectivity index (χ0n) is 11.8. The monoisotopic (exact) mass is 261 g/mol. The van der Waals surface area contributed by atoms with Gasteiger partial charge in [-0.3, -0.25) is 4.90 Å². The Labute approximate surface area is 114 Å². The highest BCUT2D eigenvalue weighted by Crippen LogP contribution is 2.29. The lowest BCUT2D eigenvalue weighted by atomic mass is 10.0. The maximum Gasteiger partial charge on any atom is 0.170 e. The highest BCUT2D eigenvalue weighted by Gasteiger charge is 2.28. The predicted octanol–water partition coefficient (Wildman–Crippen LogP) is 2.46. The summed E-state index contributed by atoms with van der Waals surface area (Å²) in [6.45, 7) is 6.47. The summed E-state index contributed by atoms with van der Waals surface area (Å²) in [6.07, 6.45) is 3.86. The normalized spacial score (nSPS) is 16.1. The van der Waals surface area contributed by atoms with E-state index >= 15 is 0 Å². The maximum absolute atomic E-state index is 8.70. The van der Waals surface area contributed by atoms with E-state index in [9.17, 15) is 0 Å². The number of nitrogens with two attached hydrogens (primary N) is 1. The van der Waals surface area contributed by atoms with Crippen molar-refractivity contribution in [2.24, 2.45) is 10.9 Å². The SMILES string of the molecule is CCCN(Cc1ccc(/C(N)=N/O)cc1C)C1CC1. The van der Waals surface area contributed by atoms with Crippen molar-refractivity contribution in [3.8, 4) is 0 Å². The summed E-state index contributed by atoms with van der Waals surface area (Å²) in [6, 6.07) is 6.78. The first-order valence-corrected chi connectivity index (χ1v) is 6.97. The number of aryl methyl sites for hydroxylation is 1. The third kappa shape index (κ3) is 3.47. The lowest BCUT2D eigenvalue weighted by Gasteiger charge is -2.22. The third-order valence-corrected chi connectivity index (χ3v) is 3.69. The van der Waals surface area contributed by atoms with Gasteiger partial charge in [-0.15, -0.1) is 0 Å². The molecular formula is C15H23N3O. The van der Waals surface area contributed by atoms with E-state index < -0.39 is 0 Å². The first-order valence-electron chi connectivity index (χ1n) is 6.97. The van der Waals surface area contributed by atoms with Gasteiger partial charge < -0.3 is 10.9 Å². The van der Waals surface area contributed by atoms with Gasteiger partial charge >= 0.3 is 0 Å². The number of amidine groups is 1. The second-order valence-electron chi connectivity index (χ2n) is 5.33. The molecule has 4 nitrogen and oxygen atoms in total. The van der Waals surface area contributed by atoms with E-state index in [1.54, 1.807) is 0 Å². The Morgan fingerprint density at radius 3 is 2.74 bits per heavy atom. The average molecular weight is 261 g/mol. The van der Waals surface area contributed by atoms with E-state index in [4.69, 9.17) is 10.9 Å². The van der Waals surface area contributed by atoms with Crippen LogP contribution in [0.5, 0.6) is 0 Å². The molecule has 19 heavy (non-hydrogen) atoms. The number of hydrogen-bond donors (Lipinski definition) is 2. The fourth-order valence-electron chi connectivity index (χ4n) is 2.43. The van der Waals surface area contributed by atoms with Gasteiger partial charge in [0, 0.05) is 18.2 Å². The molecule has 1 aliphatic rings. The van der Waals surface area contributed by atoms with E-state index in [1.807, 2.05) is 12.1 Å². The van der Waals surface area contributed by atoms with Crippen molar-refractivity contribution in [3.05, 3.63) is 34.9 Å². The largest absolute Gasteiger partial charge is 0.409 e. The number of benzene rings is 1. The molecule has 1 aliphatic carbocycles. The minimum absolute atomic E-state index is 0.169. The molecule has 0 aromatic heterocycles. The standard InChI is InChI=1S/C15H23N3O/c1-3-8-18(14-6-7-14)10-13-5-4-12(9-11(13)2)15(16)17-19/h4-5,9,14,19H,3,6-8,10H2,1-2H3,(H2,16,17). The molecule has 0 unspecified atom stereocenters. The summed E-state index contributed by atoms with van der Waals surface area (Å²) in [4.78, 5) is 2.56. The van der Waals surface area contributed by atoms with E-state index in [1.165, 1.54) is 30.4 Å². The molecule has 0 saturated heterocycles. The molecule has 4 heteroatoms. The van der Waals surface area contributed by atoms with E-state index in [-0.39, 0.29) is 5.84 Å². The van der Waals surface area contributed by atoms with Crippen molar-refractivity contribution < 1.29 is 5.21 Å². The first-order chi connectivity index (χ1) is 9.15. The van der Waals surface area contributed by atoms with Gasteiger partial charge in [0.1, 0.15) is 0 Å². The van der Waals surface area contributed by atoms with E-state index in [2.05, 4.69) is 30.0 Å². The van der Waals surface area contributed by atoms with Crippen LogP contribution in [-0.4, -0.2) is 28.5 Å². The molecule has 1 aromatic carbocycles. The van der Waals surface area contributed by atoms with Gasteiger partial charge in [0.15, 0.2) is 5.84 Å². The molecule has 0 aliphatic heterocycles. The van der Waals surface area contributed by atoms with E-state index in [0.29, 0.717) is 0 Å². The van der Waals surface area contributed by atoms with Crippen molar-refractivity contribution in [3.63, 3.8) is 0 Å². The Morgan fingerprint density at radius 2 is 2.21 bits per heavy atom. The Balaban J connectivity index is 2.11. The van der Waals surface area contributed by atoms with Crippen LogP contribution in [0.25, 0.3) is 0 Å². The molecule has 1 saturated carbocycles. The van der Waals surface area contributed by atoms with Gasteiger partial charge in [-0.25, -0.2) is 0 Å². The molecule has 104 valence electrons. The van der Waals surface area contributed by atoms with Crippen molar-refractivity contribution in [2.75, 3.05) is 6.54 Å². The quantitative estimate of drug-likeness (QED) is 0.358. The van der Waals surface area contributed by atoms with Gasteiger partial charge in [0.05, 0.1) is 0 Å². The average Bonchev–Trinajstić information content (AvgIpc) is 3.23. The first kappa shape index (κ1) is 13.9. The fraction of sp³-hybridized carbons (Fsp3) is 0.533. The highest BCUT2D eigenvalue weighted by atomic mass is 16.4. The van der Waals surface area contributed by atoms with Gasteiger partial charge in [0.25, 0.3) is 0 Å². The van der Waals surface area contributed by atoms with Crippen molar-refractivity contribution in [2.45, 2.75) is 45.7 Å². The Hall–Kier alpha value is -1.55. The topological polar surface area (TPSA) is 61.8 Å². The molecule has 3 N–H and O–H groups in total. The summed E-state index contributed by atoms with van der Waals surface area (Å²) in [5.41, 5.74) is 8.91. The Morgan fingerprint density at radius 1 is 1.47 bits per heavy atom. The molecule has 1 fully saturated rings. The molecule has 0 amide bonds. The van der Waals surface area contributed by atoms with Crippen LogP contribution in [0.15, 0.2) is 23.4 Å². The van der Waals surface area contributed by atoms with Crippen LogP contribution in [0, 0.1) is 6.92 Å². The van der Waals surface area contributed by atoms with Crippen LogP contribution >= 0.6 is 0 Å². The second kappa shape index (κ2) is 6.06. The fourth-order valence-corrected chi connectivity index (χ4v) is 2.43. The second-order valence-corrected chi connectivity index (χ2v) is 5.33. The number of rotatable bonds is 6. The van der Waals surface area contributed by atoms with Crippen LogP contribution in [-0.2, 0) is 6.54 Å². The van der Waals surface area contributed by atoms with Crippen molar-refractivity contribution in [1.29, 1.82) is 0 Å². The molecule has 0 atom stereocenters. The van der Waals surface area contributed by atoms with Crippen LogP contribution in [0.4, 0.5) is 0 Å². The maximum atomic E-state index is 8.70. The smallest absolute Gasteiger partial charge is 0.170 e. The summed E-state index contributed by atoms with van der Waals surface area (Å²) in [5, 5.41) is 11.7. The lowest BCUT2D eigenvalue weighted by molar-refractivity contribution is 0.255. The minimum Gasteiger partial charge on any atom is -0.409 e. The van der Waals surface area contributed by atoms with Gasteiger partial charge in [-0.2, -0.15) is 0 Å². The predicted molar refractivity (Wildman–Crippen MR) is 77.4 cm³/mol. The molecule has 0 spiro atoms. The van der Waals surface area contributed by atoms with Crippen molar-refractivity contribution in [1.82, 2.24) is 4.90 Å².